The summed E-state index contributed by atoms with van der Waals surface area (Å²) in [7, 11) is 1.12. The first-order valence-electron chi connectivity index (χ1n) is 1.01. The van der Waals surface area contributed by atoms with Crippen LogP contribution in [0.3, 0.4) is 0 Å². The molecule has 0 unspecified atom stereocenters. The molecule has 0 spiro atoms. The number of nitro groups is 1. The molecule has 0 fully saturated rings. The highest BCUT2D eigenvalue weighted by Gasteiger charge is 1.56. The molecule has 0 bridgehead atoms. The Labute approximate surface area is 28.9 Å². The molecule has 0 amide bonds. The van der Waals surface area contributed by atoms with Crippen LogP contribution in [0.25, 0.3) is 5.43 Å². The van der Waals surface area contributed by atoms with Crippen molar-refractivity contribution in [1.29, 1.82) is 0 Å². The van der Waals surface area contributed by atoms with Crippen LogP contribution >= 0.6 is 0 Å². The first kappa shape index (κ1) is 4.20. The van der Waals surface area contributed by atoms with E-state index in [4.69, 9.17) is 10.1 Å². The van der Waals surface area contributed by atoms with Crippen molar-refractivity contribution in [3.8, 4) is 0 Å². The van der Waals surface area contributed by atoms with Gasteiger partial charge in [0.05, 0.1) is 0 Å². The van der Waals surface area contributed by atoms with E-state index >= 15 is 0 Å². The molecular formula is CH3N2O2-. The second-order valence-electron chi connectivity index (χ2n) is 0.438. The van der Waals surface area contributed by atoms with Gasteiger partial charge in [0.25, 0.3) is 0 Å². The third-order valence-corrected chi connectivity index (χ3v) is 0.163. The molecule has 0 N–H and O–H groups in total. The van der Waals surface area contributed by atoms with Gasteiger partial charge < -0.3 is 5.43 Å². The van der Waals surface area contributed by atoms with Crippen molar-refractivity contribution in [2.45, 2.75) is 0 Å². The summed E-state index contributed by atoms with van der Waals surface area (Å²) in [6, 6.07) is 0. The number of nitrogens with zero attached hydrogens (tertiary/aromatic N) is 2. The standard InChI is InChI=1S/CH3N2O2/c1-2-3(4)5/h1H3/q-1. The fraction of sp³-hybridized carbons (Fsp3) is 1.00. The molecule has 4 heteroatoms. The highest BCUT2D eigenvalue weighted by atomic mass is 16.7. The summed E-state index contributed by atoms with van der Waals surface area (Å²) in [4.78, 5) is 9.01. The van der Waals surface area contributed by atoms with Crippen molar-refractivity contribution < 1.29 is 5.03 Å². The molecule has 0 aliphatic carbocycles. The van der Waals surface area contributed by atoms with Crippen molar-refractivity contribution in [3.63, 3.8) is 0 Å². The maximum absolute atomic E-state index is 9.01. The van der Waals surface area contributed by atoms with E-state index in [0.717, 1.165) is 7.05 Å². The molecule has 5 heavy (non-hydrogen) atoms. The molecule has 0 rings (SSSR count). The molecule has 0 aliphatic rings. The monoisotopic (exact) mass is 75.0 g/mol. The second-order valence-corrected chi connectivity index (χ2v) is 0.438. The quantitative estimate of drug-likeness (QED) is 0.329. The lowest BCUT2D eigenvalue weighted by Gasteiger charge is -1.92. The summed E-state index contributed by atoms with van der Waals surface area (Å²) < 4.78 is 0. The molecule has 0 saturated carbocycles. The van der Waals surface area contributed by atoms with E-state index in [2.05, 4.69) is 5.43 Å². The van der Waals surface area contributed by atoms with E-state index in [1.165, 1.54) is 0 Å². The van der Waals surface area contributed by atoms with Gasteiger partial charge in [0.1, 0.15) is 0 Å². The summed E-state index contributed by atoms with van der Waals surface area (Å²) >= 11 is 0. The molecule has 0 atom stereocenters. The minimum Gasteiger partial charge on any atom is -0.382 e. The Morgan fingerprint density at radius 3 is 2.20 bits per heavy atom. The largest absolute Gasteiger partial charge is 0.382 e. The number of hydrogen-bond donors (Lipinski definition) is 0. The minimum atomic E-state index is -0.750. The Balaban J connectivity index is 2.85. The molecule has 4 nitrogen and oxygen atoms in total. The SMILES string of the molecule is C[N-][N+](=O)[O-]. The maximum Gasteiger partial charge on any atom is -0.0129 e. The van der Waals surface area contributed by atoms with Crippen molar-refractivity contribution in [1.82, 2.24) is 0 Å². The predicted molar refractivity (Wildman–Crippen MR) is 16.3 cm³/mol. The topological polar surface area (TPSA) is 57.2 Å². The molecule has 0 aromatic heterocycles. The Hall–Kier alpha value is -0.800. The van der Waals surface area contributed by atoms with Gasteiger partial charge in [-0.1, -0.05) is 7.05 Å². The van der Waals surface area contributed by atoms with Crippen molar-refractivity contribution in [2.75, 3.05) is 7.05 Å². The van der Waals surface area contributed by atoms with Gasteiger partial charge in [0, 0.05) is 0 Å². The number of rotatable bonds is 1. The second kappa shape index (κ2) is 1.51. The van der Waals surface area contributed by atoms with Gasteiger partial charge in [-0.2, -0.15) is 0 Å². The van der Waals surface area contributed by atoms with Gasteiger partial charge in [-0.15, -0.1) is 0 Å². The van der Waals surface area contributed by atoms with Crippen LogP contribution in [0.4, 0.5) is 0 Å². The summed E-state index contributed by atoms with van der Waals surface area (Å²) in [5, 5.41) is 8.26. The zero-order valence-electron chi connectivity index (χ0n) is 2.71. The fourth-order valence-electron chi connectivity index (χ4n) is 0. The van der Waals surface area contributed by atoms with Crippen LogP contribution in [-0.4, -0.2) is 12.1 Å². The highest BCUT2D eigenvalue weighted by molar-refractivity contribution is 4.37. The third kappa shape index (κ3) is 3.20. The minimum absolute atomic E-state index is 0.750. The number of hydrogen-bond acceptors (Lipinski definition) is 2. The lowest BCUT2D eigenvalue weighted by Crippen LogP contribution is -1.82. The predicted octanol–water partition coefficient (Wildman–Crippen LogP) is 0.182. The van der Waals surface area contributed by atoms with E-state index in [1.807, 2.05) is 0 Å². The van der Waals surface area contributed by atoms with Crippen LogP contribution < -0.4 is 0 Å². The van der Waals surface area contributed by atoms with E-state index in [-0.39, 0.29) is 0 Å². The maximum atomic E-state index is 9.01. The third-order valence-electron chi connectivity index (χ3n) is 0.163. The van der Waals surface area contributed by atoms with E-state index in [9.17, 15) is 0 Å². The highest BCUT2D eigenvalue weighted by Crippen LogP contribution is 1.70. The van der Waals surface area contributed by atoms with Crippen LogP contribution in [-0.2, 0) is 0 Å². The van der Waals surface area contributed by atoms with Crippen molar-refractivity contribution >= 4 is 0 Å². The van der Waals surface area contributed by atoms with Gasteiger partial charge in [-0.05, 0) is 5.03 Å². The Bertz CT molecular complexity index is 42.9. The van der Waals surface area contributed by atoms with Crippen LogP contribution in [0.1, 0.15) is 0 Å². The van der Waals surface area contributed by atoms with Gasteiger partial charge in [0.2, 0.25) is 0 Å². The zero-order chi connectivity index (χ0) is 4.28. The summed E-state index contributed by atoms with van der Waals surface area (Å²) in [5.74, 6) is 0. The van der Waals surface area contributed by atoms with Gasteiger partial charge in [0.15, 0.2) is 0 Å². The van der Waals surface area contributed by atoms with Crippen LogP contribution in [0.2, 0.25) is 0 Å². The van der Waals surface area contributed by atoms with Gasteiger partial charge >= 0.3 is 0 Å². The molecule has 0 saturated heterocycles. The van der Waals surface area contributed by atoms with Crippen molar-refractivity contribution in [3.05, 3.63) is 15.5 Å². The summed E-state index contributed by atoms with van der Waals surface area (Å²) in [6.45, 7) is 0. The molecule has 0 aliphatic heterocycles. The smallest absolute Gasteiger partial charge is 0.0129 e. The van der Waals surface area contributed by atoms with Crippen LogP contribution in [0.5, 0.6) is 0 Å². The molecule has 30 valence electrons. The van der Waals surface area contributed by atoms with Gasteiger partial charge in [-0.25, -0.2) is 0 Å². The first-order chi connectivity index (χ1) is 2.27. The first-order valence-corrected chi connectivity index (χ1v) is 1.01. The summed E-state index contributed by atoms with van der Waals surface area (Å²) in [5.41, 5.74) is 2.61. The van der Waals surface area contributed by atoms with E-state index in [1.54, 1.807) is 0 Å². The van der Waals surface area contributed by atoms with Crippen LogP contribution in [0, 0.1) is 10.1 Å². The lowest BCUT2D eigenvalue weighted by atomic mass is 11.5. The average Bonchev–Trinajstić information content (AvgIpc) is 1.38. The Morgan fingerprint density at radius 2 is 2.20 bits per heavy atom. The van der Waals surface area contributed by atoms with Gasteiger partial charge in [-0.3, -0.25) is 10.1 Å². The Morgan fingerprint density at radius 1 is 2.00 bits per heavy atom. The molecule has 0 aromatic rings. The lowest BCUT2D eigenvalue weighted by molar-refractivity contribution is -0.423. The average molecular weight is 75.0 g/mol. The fourth-order valence-corrected chi connectivity index (χ4v) is 0. The molecule has 0 heterocycles. The van der Waals surface area contributed by atoms with Crippen LogP contribution in [0.15, 0.2) is 0 Å². The van der Waals surface area contributed by atoms with E-state index < -0.39 is 5.03 Å². The normalized spacial score (nSPS) is 6.60. The molecular weight excluding hydrogens is 72.0 g/mol. The summed E-state index contributed by atoms with van der Waals surface area (Å²) in [6.07, 6.45) is 0. The van der Waals surface area contributed by atoms with Crippen molar-refractivity contribution in [2.24, 2.45) is 0 Å². The molecule has 0 radical (unpaired) electrons. The molecule has 0 aromatic carbocycles. The zero-order valence-corrected chi connectivity index (χ0v) is 2.71. The van der Waals surface area contributed by atoms with E-state index in [0.29, 0.717) is 0 Å². The Kier molecular flexibility index (Phi) is 1.27.